The smallest absolute Gasteiger partial charge is 0.250 e. The van der Waals surface area contributed by atoms with Crippen molar-refractivity contribution in [3.63, 3.8) is 0 Å². The Labute approximate surface area is 137 Å². The van der Waals surface area contributed by atoms with E-state index in [4.69, 9.17) is 0 Å². The van der Waals surface area contributed by atoms with Crippen molar-refractivity contribution in [1.82, 2.24) is 20.2 Å². The summed E-state index contributed by atoms with van der Waals surface area (Å²) in [6, 6.07) is 13.7. The van der Waals surface area contributed by atoms with Crippen LogP contribution in [0.15, 0.2) is 48.5 Å². The predicted molar refractivity (Wildman–Crippen MR) is 85.7 cm³/mol. The Bertz CT molecular complexity index is 890. The summed E-state index contributed by atoms with van der Waals surface area (Å²) < 4.78 is 13.0. The minimum Gasteiger partial charge on any atom is -0.310 e. The lowest BCUT2D eigenvalue weighted by Gasteiger charge is -2.16. The van der Waals surface area contributed by atoms with E-state index in [1.807, 2.05) is 24.3 Å². The SMILES string of the molecule is O=C(Cn1nnc(-c2ccc(F)cc2)n1)N1CCc2ccccc21. The highest BCUT2D eigenvalue weighted by atomic mass is 19.1. The van der Waals surface area contributed by atoms with Gasteiger partial charge in [0.2, 0.25) is 5.82 Å². The van der Waals surface area contributed by atoms with Crippen LogP contribution in [0.3, 0.4) is 0 Å². The number of para-hydroxylation sites is 1. The summed E-state index contributed by atoms with van der Waals surface area (Å²) in [7, 11) is 0. The predicted octanol–water partition coefficient (Wildman–Crippen LogP) is 2.07. The standard InChI is InChI=1S/C17H14FN5O/c18-14-7-5-13(6-8-14)17-19-21-23(20-17)11-16(24)22-10-9-12-3-1-2-4-15(12)22/h1-8H,9-11H2. The molecular weight excluding hydrogens is 309 g/mol. The molecule has 0 bridgehead atoms. The Morgan fingerprint density at radius 3 is 2.75 bits per heavy atom. The molecule has 24 heavy (non-hydrogen) atoms. The molecule has 6 nitrogen and oxygen atoms in total. The van der Waals surface area contributed by atoms with E-state index in [0.717, 1.165) is 12.1 Å². The van der Waals surface area contributed by atoms with Gasteiger partial charge in [0.25, 0.3) is 5.91 Å². The van der Waals surface area contributed by atoms with Gasteiger partial charge in [-0.15, -0.1) is 10.2 Å². The lowest BCUT2D eigenvalue weighted by atomic mass is 10.2. The molecule has 4 rings (SSSR count). The Balaban J connectivity index is 1.50. The van der Waals surface area contributed by atoms with Gasteiger partial charge in [-0.1, -0.05) is 18.2 Å². The van der Waals surface area contributed by atoms with Gasteiger partial charge >= 0.3 is 0 Å². The molecule has 0 saturated carbocycles. The van der Waals surface area contributed by atoms with Crippen LogP contribution >= 0.6 is 0 Å². The fourth-order valence-corrected chi connectivity index (χ4v) is 2.83. The normalized spacial score (nSPS) is 13.1. The van der Waals surface area contributed by atoms with Gasteiger partial charge in [0.15, 0.2) is 0 Å². The van der Waals surface area contributed by atoms with Gasteiger partial charge in [0.1, 0.15) is 12.4 Å². The summed E-state index contributed by atoms with van der Waals surface area (Å²) in [6.45, 7) is 0.681. The van der Waals surface area contributed by atoms with Crippen LogP contribution < -0.4 is 4.90 Å². The number of rotatable bonds is 3. The van der Waals surface area contributed by atoms with E-state index < -0.39 is 0 Å². The number of carbonyl (C=O) groups is 1. The maximum absolute atomic E-state index is 13.0. The van der Waals surface area contributed by atoms with Gasteiger partial charge in [-0.2, -0.15) is 4.80 Å². The second-order valence-electron chi connectivity index (χ2n) is 5.57. The number of hydrogen-bond donors (Lipinski definition) is 0. The minimum atomic E-state index is -0.325. The summed E-state index contributed by atoms with van der Waals surface area (Å²) in [4.78, 5) is 15.5. The van der Waals surface area contributed by atoms with E-state index >= 15 is 0 Å². The van der Waals surface area contributed by atoms with E-state index in [2.05, 4.69) is 15.4 Å². The molecule has 0 aliphatic carbocycles. The van der Waals surface area contributed by atoms with Gasteiger partial charge < -0.3 is 4.90 Å². The first-order valence-electron chi connectivity index (χ1n) is 7.63. The largest absolute Gasteiger partial charge is 0.310 e. The number of tetrazole rings is 1. The number of benzene rings is 2. The number of anilines is 1. The zero-order valence-corrected chi connectivity index (χ0v) is 12.8. The summed E-state index contributed by atoms with van der Waals surface area (Å²) in [6.07, 6.45) is 0.855. The number of amides is 1. The molecule has 1 amide bonds. The number of fused-ring (bicyclic) bond motifs is 1. The maximum Gasteiger partial charge on any atom is 0.250 e. The number of aromatic nitrogens is 4. The molecule has 120 valence electrons. The Hall–Kier alpha value is -3.09. The molecular formula is C17H14FN5O. The average Bonchev–Trinajstić information content (AvgIpc) is 3.22. The molecule has 7 heteroatoms. The number of carbonyl (C=O) groups excluding carboxylic acids is 1. The fraction of sp³-hybridized carbons (Fsp3) is 0.176. The third-order valence-electron chi connectivity index (χ3n) is 4.02. The van der Waals surface area contributed by atoms with Crippen LogP contribution in [0.5, 0.6) is 0 Å². The van der Waals surface area contributed by atoms with Crippen LogP contribution in [0.1, 0.15) is 5.56 Å². The first-order valence-corrected chi connectivity index (χ1v) is 7.63. The third kappa shape index (κ3) is 2.64. The highest BCUT2D eigenvalue weighted by molar-refractivity contribution is 5.95. The van der Waals surface area contributed by atoms with E-state index in [0.29, 0.717) is 17.9 Å². The van der Waals surface area contributed by atoms with E-state index in [9.17, 15) is 9.18 Å². The molecule has 0 N–H and O–H groups in total. The van der Waals surface area contributed by atoms with Crippen LogP contribution in [0.25, 0.3) is 11.4 Å². The summed E-state index contributed by atoms with van der Waals surface area (Å²) in [5.74, 6) is -0.0401. The fourth-order valence-electron chi connectivity index (χ4n) is 2.83. The Morgan fingerprint density at radius 1 is 1.12 bits per heavy atom. The van der Waals surface area contributed by atoms with Crippen molar-refractivity contribution in [3.05, 3.63) is 59.9 Å². The van der Waals surface area contributed by atoms with Gasteiger partial charge in [-0.25, -0.2) is 4.39 Å². The van der Waals surface area contributed by atoms with Crippen LogP contribution in [-0.4, -0.2) is 32.7 Å². The number of hydrogen-bond acceptors (Lipinski definition) is 4. The van der Waals surface area contributed by atoms with Crippen LogP contribution in [0.4, 0.5) is 10.1 Å². The van der Waals surface area contributed by atoms with Crippen molar-refractivity contribution in [2.24, 2.45) is 0 Å². The van der Waals surface area contributed by atoms with E-state index in [-0.39, 0.29) is 18.3 Å². The van der Waals surface area contributed by atoms with Crippen LogP contribution in [0.2, 0.25) is 0 Å². The molecule has 0 fully saturated rings. The van der Waals surface area contributed by atoms with Crippen molar-refractivity contribution in [2.45, 2.75) is 13.0 Å². The average molecular weight is 323 g/mol. The molecule has 2 aromatic carbocycles. The maximum atomic E-state index is 13.0. The Kier molecular flexibility index (Phi) is 3.53. The van der Waals surface area contributed by atoms with Crippen molar-refractivity contribution >= 4 is 11.6 Å². The zero-order chi connectivity index (χ0) is 16.5. The van der Waals surface area contributed by atoms with Gasteiger partial charge in [-0.05, 0) is 47.5 Å². The third-order valence-corrected chi connectivity index (χ3v) is 4.02. The van der Waals surface area contributed by atoms with Crippen molar-refractivity contribution in [2.75, 3.05) is 11.4 Å². The van der Waals surface area contributed by atoms with Crippen molar-refractivity contribution in [3.8, 4) is 11.4 Å². The molecule has 2 heterocycles. The van der Waals surface area contributed by atoms with Crippen molar-refractivity contribution < 1.29 is 9.18 Å². The quantitative estimate of drug-likeness (QED) is 0.740. The second kappa shape index (κ2) is 5.84. The number of halogens is 1. The molecule has 0 spiro atoms. The molecule has 3 aromatic rings. The first kappa shape index (κ1) is 14.5. The lowest BCUT2D eigenvalue weighted by molar-refractivity contribution is -0.119. The molecule has 0 unspecified atom stereocenters. The number of nitrogens with zero attached hydrogens (tertiary/aromatic N) is 5. The molecule has 1 aromatic heterocycles. The molecule has 0 saturated heterocycles. The lowest BCUT2D eigenvalue weighted by Crippen LogP contribution is -2.32. The molecule has 1 aliphatic rings. The van der Waals surface area contributed by atoms with Gasteiger partial charge in [0.05, 0.1) is 0 Å². The molecule has 0 radical (unpaired) electrons. The molecule has 1 aliphatic heterocycles. The second-order valence-corrected chi connectivity index (χ2v) is 5.57. The Morgan fingerprint density at radius 2 is 1.92 bits per heavy atom. The van der Waals surface area contributed by atoms with E-state index in [1.54, 1.807) is 17.0 Å². The van der Waals surface area contributed by atoms with Crippen LogP contribution in [0, 0.1) is 5.82 Å². The van der Waals surface area contributed by atoms with Gasteiger partial charge in [0, 0.05) is 17.8 Å². The van der Waals surface area contributed by atoms with Crippen molar-refractivity contribution in [1.29, 1.82) is 0 Å². The summed E-state index contributed by atoms with van der Waals surface area (Å²) >= 11 is 0. The van der Waals surface area contributed by atoms with Gasteiger partial charge in [-0.3, -0.25) is 4.79 Å². The zero-order valence-electron chi connectivity index (χ0n) is 12.8. The summed E-state index contributed by atoms with van der Waals surface area (Å²) in [5, 5.41) is 12.0. The highest BCUT2D eigenvalue weighted by Gasteiger charge is 2.24. The van der Waals surface area contributed by atoms with Crippen LogP contribution in [-0.2, 0) is 17.8 Å². The molecule has 0 atom stereocenters. The summed E-state index contributed by atoms with van der Waals surface area (Å²) in [5.41, 5.74) is 2.77. The highest BCUT2D eigenvalue weighted by Crippen LogP contribution is 2.27. The van der Waals surface area contributed by atoms with E-state index in [1.165, 1.54) is 22.5 Å². The monoisotopic (exact) mass is 323 g/mol. The first-order chi connectivity index (χ1) is 11.7. The topological polar surface area (TPSA) is 63.9 Å². The minimum absolute atomic E-state index is 0.0164.